The lowest BCUT2D eigenvalue weighted by molar-refractivity contribution is 0.0731. The number of aryl methyl sites for hydroxylation is 1. The quantitative estimate of drug-likeness (QED) is 0.726. The molecular weight excluding hydrogens is 330 g/mol. The van der Waals surface area contributed by atoms with Gasteiger partial charge in [-0.15, -0.1) is 0 Å². The summed E-state index contributed by atoms with van der Waals surface area (Å²) in [4.78, 5) is 23.0. The van der Waals surface area contributed by atoms with Crippen molar-refractivity contribution < 1.29 is 13.9 Å². The standard InChI is InChI=1S/C20H21N3O3/c1-14-21-6-4-18(22-14)20(24)23-7-9-25-13-16(12-23)10-15-2-3-17-5-8-26-19(17)11-15/h2-6,8,11,16H,7,9-10,12-13H2,1H3/t16-/m1/s1. The van der Waals surface area contributed by atoms with Gasteiger partial charge < -0.3 is 14.1 Å². The first kappa shape index (κ1) is 16.7. The number of carbonyl (C=O) groups excluding carboxylic acids is 1. The molecule has 0 spiro atoms. The van der Waals surface area contributed by atoms with Gasteiger partial charge in [-0.1, -0.05) is 12.1 Å². The molecule has 0 N–H and O–H groups in total. The predicted octanol–water partition coefficient (Wildman–Crippen LogP) is 2.86. The van der Waals surface area contributed by atoms with E-state index in [9.17, 15) is 4.79 Å². The third kappa shape index (κ3) is 3.60. The summed E-state index contributed by atoms with van der Waals surface area (Å²) in [6.45, 7) is 4.20. The minimum absolute atomic E-state index is 0.0625. The van der Waals surface area contributed by atoms with Crippen molar-refractivity contribution >= 4 is 16.9 Å². The Hall–Kier alpha value is -2.73. The largest absolute Gasteiger partial charge is 0.464 e. The van der Waals surface area contributed by atoms with E-state index in [1.807, 2.05) is 11.0 Å². The summed E-state index contributed by atoms with van der Waals surface area (Å²) in [6, 6.07) is 9.88. The topological polar surface area (TPSA) is 68.5 Å². The van der Waals surface area contributed by atoms with Crippen LogP contribution < -0.4 is 0 Å². The lowest BCUT2D eigenvalue weighted by Crippen LogP contribution is -2.37. The third-order valence-corrected chi connectivity index (χ3v) is 4.67. The molecule has 0 radical (unpaired) electrons. The second-order valence-electron chi connectivity index (χ2n) is 6.68. The SMILES string of the molecule is Cc1nccc(C(=O)N2CCOC[C@H](Cc3ccc4ccoc4c3)C2)n1. The van der Waals surface area contributed by atoms with Crippen molar-refractivity contribution in [2.75, 3.05) is 26.3 Å². The van der Waals surface area contributed by atoms with Crippen LogP contribution in [0.15, 0.2) is 47.2 Å². The van der Waals surface area contributed by atoms with Crippen LogP contribution in [0.3, 0.4) is 0 Å². The normalized spacial score (nSPS) is 18.0. The molecule has 6 heteroatoms. The van der Waals surface area contributed by atoms with Crippen LogP contribution in [-0.4, -0.2) is 47.1 Å². The summed E-state index contributed by atoms with van der Waals surface area (Å²) in [6.07, 6.45) is 4.16. The average Bonchev–Trinajstić information content (AvgIpc) is 2.99. The van der Waals surface area contributed by atoms with Crippen molar-refractivity contribution in [2.45, 2.75) is 13.3 Å². The van der Waals surface area contributed by atoms with Crippen LogP contribution in [0.5, 0.6) is 0 Å². The second kappa shape index (κ2) is 7.25. The fraction of sp³-hybridized carbons (Fsp3) is 0.350. The maximum absolute atomic E-state index is 12.8. The first-order chi connectivity index (χ1) is 12.7. The summed E-state index contributed by atoms with van der Waals surface area (Å²) in [7, 11) is 0. The molecular formula is C20H21N3O3. The van der Waals surface area contributed by atoms with Gasteiger partial charge in [0.2, 0.25) is 0 Å². The van der Waals surface area contributed by atoms with Crippen molar-refractivity contribution in [1.29, 1.82) is 0 Å². The van der Waals surface area contributed by atoms with Crippen molar-refractivity contribution in [3.63, 3.8) is 0 Å². The minimum atomic E-state index is -0.0625. The minimum Gasteiger partial charge on any atom is -0.464 e. The fourth-order valence-electron chi connectivity index (χ4n) is 3.39. The molecule has 4 rings (SSSR count). The highest BCUT2D eigenvalue weighted by molar-refractivity contribution is 5.92. The second-order valence-corrected chi connectivity index (χ2v) is 6.68. The molecule has 134 valence electrons. The number of fused-ring (bicyclic) bond motifs is 1. The van der Waals surface area contributed by atoms with Gasteiger partial charge in [-0.2, -0.15) is 0 Å². The Morgan fingerprint density at radius 1 is 1.31 bits per heavy atom. The molecule has 3 heterocycles. The van der Waals surface area contributed by atoms with Crippen LogP contribution in [0.25, 0.3) is 11.0 Å². The van der Waals surface area contributed by atoms with Gasteiger partial charge in [0.05, 0.1) is 19.5 Å². The van der Waals surface area contributed by atoms with Gasteiger partial charge in [0.1, 0.15) is 17.1 Å². The summed E-state index contributed by atoms with van der Waals surface area (Å²) in [5.74, 6) is 0.773. The first-order valence-electron chi connectivity index (χ1n) is 8.82. The van der Waals surface area contributed by atoms with Gasteiger partial charge in [0.15, 0.2) is 0 Å². The molecule has 1 fully saturated rings. The number of benzene rings is 1. The van der Waals surface area contributed by atoms with E-state index in [0.717, 1.165) is 17.4 Å². The average molecular weight is 351 g/mol. The molecule has 0 saturated carbocycles. The molecule has 0 unspecified atom stereocenters. The zero-order valence-electron chi connectivity index (χ0n) is 14.7. The van der Waals surface area contributed by atoms with E-state index in [1.54, 1.807) is 25.5 Å². The Labute approximate surface area is 151 Å². The molecule has 1 saturated heterocycles. The summed E-state index contributed by atoms with van der Waals surface area (Å²) < 4.78 is 11.2. The van der Waals surface area contributed by atoms with Crippen LogP contribution in [-0.2, 0) is 11.2 Å². The maximum Gasteiger partial charge on any atom is 0.272 e. The number of carbonyl (C=O) groups is 1. The Morgan fingerprint density at radius 3 is 3.12 bits per heavy atom. The number of hydrogen-bond acceptors (Lipinski definition) is 5. The smallest absolute Gasteiger partial charge is 0.272 e. The monoisotopic (exact) mass is 351 g/mol. The van der Waals surface area contributed by atoms with Gasteiger partial charge in [0.25, 0.3) is 5.91 Å². The van der Waals surface area contributed by atoms with Crippen LogP contribution in [0, 0.1) is 12.8 Å². The van der Waals surface area contributed by atoms with E-state index in [-0.39, 0.29) is 11.8 Å². The number of ether oxygens (including phenoxy) is 1. The molecule has 1 aliphatic heterocycles. The Bertz CT molecular complexity index is 921. The van der Waals surface area contributed by atoms with E-state index in [1.165, 1.54) is 5.56 Å². The Kier molecular flexibility index (Phi) is 4.67. The molecule has 1 atom stereocenters. The number of furan rings is 1. The highest BCUT2D eigenvalue weighted by Crippen LogP contribution is 2.21. The van der Waals surface area contributed by atoms with Crippen LogP contribution >= 0.6 is 0 Å². The van der Waals surface area contributed by atoms with Crippen LogP contribution in [0.2, 0.25) is 0 Å². The van der Waals surface area contributed by atoms with E-state index >= 15 is 0 Å². The maximum atomic E-state index is 12.8. The summed E-state index contributed by atoms with van der Waals surface area (Å²) >= 11 is 0. The van der Waals surface area contributed by atoms with Gasteiger partial charge in [-0.25, -0.2) is 9.97 Å². The van der Waals surface area contributed by atoms with Crippen LogP contribution in [0.1, 0.15) is 21.9 Å². The Balaban J connectivity index is 1.49. The summed E-state index contributed by atoms with van der Waals surface area (Å²) in [5.41, 5.74) is 2.52. The third-order valence-electron chi connectivity index (χ3n) is 4.67. The van der Waals surface area contributed by atoms with E-state index in [4.69, 9.17) is 9.15 Å². The molecule has 0 aliphatic carbocycles. The van der Waals surface area contributed by atoms with Crippen molar-refractivity contribution in [3.8, 4) is 0 Å². The van der Waals surface area contributed by atoms with E-state index in [0.29, 0.717) is 37.8 Å². The number of nitrogens with zero attached hydrogens (tertiary/aromatic N) is 3. The molecule has 26 heavy (non-hydrogen) atoms. The molecule has 0 bridgehead atoms. The van der Waals surface area contributed by atoms with Crippen molar-refractivity contribution in [2.24, 2.45) is 5.92 Å². The number of hydrogen-bond donors (Lipinski definition) is 0. The number of aromatic nitrogens is 2. The molecule has 1 aliphatic rings. The Morgan fingerprint density at radius 2 is 2.23 bits per heavy atom. The van der Waals surface area contributed by atoms with Crippen molar-refractivity contribution in [1.82, 2.24) is 14.9 Å². The number of rotatable bonds is 3. The molecule has 2 aromatic heterocycles. The first-order valence-corrected chi connectivity index (χ1v) is 8.82. The van der Waals surface area contributed by atoms with E-state index in [2.05, 4.69) is 28.2 Å². The lowest BCUT2D eigenvalue weighted by atomic mass is 9.99. The van der Waals surface area contributed by atoms with Gasteiger partial charge in [0, 0.05) is 30.6 Å². The van der Waals surface area contributed by atoms with Crippen LogP contribution in [0.4, 0.5) is 0 Å². The van der Waals surface area contributed by atoms with Gasteiger partial charge in [-0.05, 0) is 37.1 Å². The summed E-state index contributed by atoms with van der Waals surface area (Å²) in [5, 5.41) is 1.10. The fourth-order valence-corrected chi connectivity index (χ4v) is 3.39. The highest BCUT2D eigenvalue weighted by atomic mass is 16.5. The molecule has 1 aromatic carbocycles. The zero-order valence-corrected chi connectivity index (χ0v) is 14.7. The highest BCUT2D eigenvalue weighted by Gasteiger charge is 2.24. The van der Waals surface area contributed by atoms with Crippen molar-refractivity contribution in [3.05, 3.63) is 59.9 Å². The zero-order chi connectivity index (χ0) is 17.9. The van der Waals surface area contributed by atoms with Gasteiger partial charge >= 0.3 is 0 Å². The lowest BCUT2D eigenvalue weighted by Gasteiger charge is -2.23. The van der Waals surface area contributed by atoms with E-state index < -0.39 is 0 Å². The molecule has 6 nitrogen and oxygen atoms in total. The predicted molar refractivity (Wildman–Crippen MR) is 96.9 cm³/mol. The van der Waals surface area contributed by atoms with Gasteiger partial charge in [-0.3, -0.25) is 4.79 Å². The molecule has 3 aromatic rings. The molecule has 1 amide bonds. The number of amides is 1.